The molecular formula is C17H29N3O3. The fraction of sp³-hybridized carbons (Fsp3) is 0.882. The summed E-state index contributed by atoms with van der Waals surface area (Å²) in [7, 11) is 1.67. The van der Waals surface area contributed by atoms with Crippen LogP contribution in [-0.2, 0) is 14.3 Å². The topological polar surface area (TPSA) is 53.1 Å². The number of ether oxygens (including phenoxy) is 1. The summed E-state index contributed by atoms with van der Waals surface area (Å²) in [6, 6.07) is 0.00980. The highest BCUT2D eigenvalue weighted by Crippen LogP contribution is 2.27. The van der Waals surface area contributed by atoms with E-state index in [-0.39, 0.29) is 17.9 Å². The van der Waals surface area contributed by atoms with Gasteiger partial charge >= 0.3 is 0 Å². The molecule has 0 bridgehead atoms. The third-order valence-corrected chi connectivity index (χ3v) is 5.61. The van der Waals surface area contributed by atoms with Crippen molar-refractivity contribution < 1.29 is 14.3 Å². The minimum Gasteiger partial charge on any atom is -0.383 e. The molecule has 0 radical (unpaired) electrons. The number of hydrogen-bond donors (Lipinski definition) is 0. The van der Waals surface area contributed by atoms with Crippen molar-refractivity contribution in [2.45, 2.75) is 38.1 Å². The molecule has 0 aromatic heterocycles. The first-order valence-electron chi connectivity index (χ1n) is 9.01. The van der Waals surface area contributed by atoms with E-state index in [1.807, 2.05) is 9.80 Å². The average molecular weight is 323 g/mol. The van der Waals surface area contributed by atoms with E-state index in [4.69, 9.17) is 4.74 Å². The van der Waals surface area contributed by atoms with Crippen LogP contribution in [0.5, 0.6) is 0 Å². The molecular weight excluding hydrogens is 294 g/mol. The highest BCUT2D eigenvalue weighted by atomic mass is 16.5. The maximum absolute atomic E-state index is 12.5. The molecule has 3 aliphatic rings. The molecule has 2 amide bonds. The number of piperazine rings is 1. The zero-order chi connectivity index (χ0) is 16.2. The summed E-state index contributed by atoms with van der Waals surface area (Å²) in [5, 5.41) is 0. The van der Waals surface area contributed by atoms with Crippen molar-refractivity contribution in [3.8, 4) is 0 Å². The third kappa shape index (κ3) is 3.69. The number of carbonyl (C=O) groups is 2. The molecule has 3 rings (SSSR count). The van der Waals surface area contributed by atoms with Crippen molar-refractivity contribution in [2.75, 3.05) is 53.0 Å². The van der Waals surface area contributed by atoms with Gasteiger partial charge in [0.2, 0.25) is 11.8 Å². The molecule has 1 unspecified atom stereocenters. The van der Waals surface area contributed by atoms with Crippen molar-refractivity contribution in [1.29, 1.82) is 0 Å². The summed E-state index contributed by atoms with van der Waals surface area (Å²) in [6.07, 6.45) is 5.43. The van der Waals surface area contributed by atoms with Gasteiger partial charge in [0.1, 0.15) is 0 Å². The van der Waals surface area contributed by atoms with Gasteiger partial charge in [0.05, 0.1) is 12.6 Å². The lowest BCUT2D eigenvalue weighted by Crippen LogP contribution is -2.54. The van der Waals surface area contributed by atoms with Gasteiger partial charge in [-0.15, -0.1) is 0 Å². The smallest absolute Gasteiger partial charge is 0.240 e. The van der Waals surface area contributed by atoms with E-state index >= 15 is 0 Å². The van der Waals surface area contributed by atoms with E-state index < -0.39 is 0 Å². The van der Waals surface area contributed by atoms with E-state index in [2.05, 4.69) is 4.90 Å². The van der Waals surface area contributed by atoms with E-state index in [1.54, 1.807) is 7.11 Å². The first-order chi connectivity index (χ1) is 11.2. The van der Waals surface area contributed by atoms with Crippen LogP contribution < -0.4 is 0 Å². The van der Waals surface area contributed by atoms with E-state index in [9.17, 15) is 9.59 Å². The molecule has 1 aliphatic carbocycles. The second-order valence-electron chi connectivity index (χ2n) is 6.97. The Hall–Kier alpha value is -1.14. The van der Waals surface area contributed by atoms with Crippen LogP contribution in [0.15, 0.2) is 0 Å². The number of methoxy groups -OCH3 is 1. The van der Waals surface area contributed by atoms with Gasteiger partial charge in [0.15, 0.2) is 0 Å². The summed E-state index contributed by atoms with van der Waals surface area (Å²) in [5.74, 6) is 0.846. The molecule has 0 aromatic carbocycles. The summed E-state index contributed by atoms with van der Waals surface area (Å²) in [5.41, 5.74) is 0. The summed E-state index contributed by atoms with van der Waals surface area (Å²) >= 11 is 0. The molecule has 1 saturated carbocycles. The van der Waals surface area contributed by atoms with E-state index in [0.29, 0.717) is 19.1 Å². The molecule has 23 heavy (non-hydrogen) atoms. The molecule has 3 fully saturated rings. The number of rotatable bonds is 5. The Morgan fingerprint density at radius 3 is 2.43 bits per heavy atom. The van der Waals surface area contributed by atoms with Crippen LogP contribution >= 0.6 is 0 Å². The third-order valence-electron chi connectivity index (χ3n) is 5.61. The Bertz CT molecular complexity index is 429. The van der Waals surface area contributed by atoms with Gasteiger partial charge in [0.25, 0.3) is 0 Å². The summed E-state index contributed by atoms with van der Waals surface area (Å²) < 4.78 is 5.07. The monoisotopic (exact) mass is 323 g/mol. The highest BCUT2D eigenvalue weighted by Gasteiger charge is 2.38. The summed E-state index contributed by atoms with van der Waals surface area (Å²) in [6.45, 7) is 5.32. The van der Waals surface area contributed by atoms with Gasteiger partial charge in [-0.2, -0.15) is 0 Å². The minimum absolute atomic E-state index is 0.00980. The van der Waals surface area contributed by atoms with Crippen LogP contribution in [0.1, 0.15) is 32.1 Å². The molecule has 0 spiro atoms. The first kappa shape index (κ1) is 16.7. The average Bonchev–Trinajstić information content (AvgIpc) is 3.23. The lowest BCUT2D eigenvalue weighted by molar-refractivity contribution is -0.138. The SMILES string of the molecule is COCCN1CCC(N2CCN(C(=O)C3CCCC3)CC2)C1=O. The number of nitrogens with zero attached hydrogens (tertiary/aromatic N) is 3. The second kappa shape index (κ2) is 7.62. The Balaban J connectivity index is 1.47. The van der Waals surface area contributed by atoms with Crippen molar-refractivity contribution in [3.63, 3.8) is 0 Å². The van der Waals surface area contributed by atoms with Crippen LogP contribution in [-0.4, -0.2) is 85.5 Å². The fourth-order valence-electron chi connectivity index (χ4n) is 4.17. The highest BCUT2D eigenvalue weighted by molar-refractivity contribution is 5.84. The standard InChI is InChI=1S/C17H29N3O3/c1-23-13-12-19-7-6-15(17(19)22)18-8-10-20(11-9-18)16(21)14-4-2-3-5-14/h14-15H,2-13H2,1H3. The zero-order valence-electron chi connectivity index (χ0n) is 14.2. The van der Waals surface area contributed by atoms with Crippen LogP contribution in [0.3, 0.4) is 0 Å². The zero-order valence-corrected chi connectivity index (χ0v) is 14.2. The quantitative estimate of drug-likeness (QED) is 0.742. The maximum Gasteiger partial charge on any atom is 0.240 e. The molecule has 2 heterocycles. The molecule has 0 aromatic rings. The molecule has 2 saturated heterocycles. The predicted octanol–water partition coefficient (Wildman–Crippen LogP) is 0.568. The Morgan fingerprint density at radius 2 is 1.78 bits per heavy atom. The van der Waals surface area contributed by atoms with Gasteiger partial charge in [-0.25, -0.2) is 0 Å². The Labute approximate surface area is 138 Å². The normalized spacial score (nSPS) is 27.2. The van der Waals surface area contributed by atoms with Crippen molar-refractivity contribution >= 4 is 11.8 Å². The molecule has 6 nitrogen and oxygen atoms in total. The molecule has 0 N–H and O–H groups in total. The number of carbonyl (C=O) groups excluding carboxylic acids is 2. The Morgan fingerprint density at radius 1 is 1.09 bits per heavy atom. The van der Waals surface area contributed by atoms with Gasteiger partial charge < -0.3 is 14.5 Å². The number of amides is 2. The lowest BCUT2D eigenvalue weighted by atomic mass is 10.1. The molecule has 6 heteroatoms. The van der Waals surface area contributed by atoms with Crippen LogP contribution in [0.25, 0.3) is 0 Å². The van der Waals surface area contributed by atoms with Crippen molar-refractivity contribution in [2.24, 2.45) is 5.92 Å². The molecule has 1 atom stereocenters. The number of hydrogen-bond acceptors (Lipinski definition) is 4. The van der Waals surface area contributed by atoms with Crippen molar-refractivity contribution in [3.05, 3.63) is 0 Å². The van der Waals surface area contributed by atoms with E-state index in [1.165, 1.54) is 12.8 Å². The van der Waals surface area contributed by atoms with Gasteiger partial charge in [-0.3, -0.25) is 14.5 Å². The molecule has 130 valence electrons. The maximum atomic E-state index is 12.5. The second-order valence-corrected chi connectivity index (χ2v) is 6.97. The first-order valence-corrected chi connectivity index (χ1v) is 9.01. The van der Waals surface area contributed by atoms with Gasteiger partial charge in [-0.1, -0.05) is 12.8 Å². The van der Waals surface area contributed by atoms with Gasteiger partial charge in [-0.05, 0) is 19.3 Å². The molecule has 2 aliphatic heterocycles. The predicted molar refractivity (Wildman–Crippen MR) is 87.0 cm³/mol. The summed E-state index contributed by atoms with van der Waals surface area (Å²) in [4.78, 5) is 31.2. The number of likely N-dealkylation sites (tertiary alicyclic amines) is 1. The van der Waals surface area contributed by atoms with E-state index in [0.717, 1.165) is 52.0 Å². The lowest BCUT2D eigenvalue weighted by Gasteiger charge is -2.38. The van der Waals surface area contributed by atoms with Gasteiger partial charge in [0, 0.05) is 52.3 Å². The van der Waals surface area contributed by atoms with Crippen LogP contribution in [0.4, 0.5) is 0 Å². The fourth-order valence-corrected chi connectivity index (χ4v) is 4.17. The van der Waals surface area contributed by atoms with Crippen LogP contribution in [0, 0.1) is 5.92 Å². The van der Waals surface area contributed by atoms with Crippen molar-refractivity contribution in [1.82, 2.24) is 14.7 Å². The largest absolute Gasteiger partial charge is 0.383 e. The minimum atomic E-state index is 0.00980. The van der Waals surface area contributed by atoms with Crippen LogP contribution in [0.2, 0.25) is 0 Å². The Kier molecular flexibility index (Phi) is 5.54.